The van der Waals surface area contributed by atoms with Gasteiger partial charge in [0.2, 0.25) is 0 Å². The van der Waals surface area contributed by atoms with Crippen molar-refractivity contribution in [2.24, 2.45) is 5.73 Å². The fraction of sp³-hybridized carbons (Fsp3) is 0.946. The predicted octanol–water partition coefficient (Wildman–Crippen LogP) is 10.5. The molecule has 3 N–H and O–H groups in total. The zero-order valence-electron chi connectivity index (χ0n) is 30.5. The average molecular weight is 692 g/mol. The van der Waals surface area contributed by atoms with Crippen LogP contribution in [0.15, 0.2) is 0 Å². The van der Waals surface area contributed by atoms with Crippen LogP contribution >= 0.6 is 7.82 Å². The number of hydrogen-bond acceptors (Lipinski definition) is 8. The van der Waals surface area contributed by atoms with Crippen molar-refractivity contribution in [3.05, 3.63) is 0 Å². The second-order valence-electron chi connectivity index (χ2n) is 13.2. The first-order chi connectivity index (χ1) is 22.8. The molecule has 0 saturated heterocycles. The molecule has 0 aromatic heterocycles. The van der Waals surface area contributed by atoms with Crippen molar-refractivity contribution in [2.45, 2.75) is 200 Å². The van der Waals surface area contributed by atoms with Crippen LogP contribution in [0.2, 0.25) is 0 Å². The summed E-state index contributed by atoms with van der Waals surface area (Å²) in [6, 6.07) is 0. The normalized spacial score (nSPS) is 13.4. The molecule has 0 aromatic carbocycles. The molecule has 0 aliphatic carbocycles. The molecule has 280 valence electrons. The van der Waals surface area contributed by atoms with Crippen LogP contribution in [0.4, 0.5) is 0 Å². The van der Waals surface area contributed by atoms with Crippen molar-refractivity contribution >= 4 is 19.8 Å². The van der Waals surface area contributed by atoms with Gasteiger partial charge in [0.15, 0.2) is 6.10 Å². The minimum atomic E-state index is -4.36. The molecule has 10 heteroatoms. The molecular formula is C37H74NO8P. The van der Waals surface area contributed by atoms with E-state index in [-0.39, 0.29) is 38.6 Å². The van der Waals surface area contributed by atoms with Gasteiger partial charge >= 0.3 is 19.8 Å². The number of rotatable bonds is 37. The smallest absolute Gasteiger partial charge is 0.462 e. The van der Waals surface area contributed by atoms with Crippen LogP contribution in [0.5, 0.6) is 0 Å². The van der Waals surface area contributed by atoms with Gasteiger partial charge in [-0.05, 0) is 12.8 Å². The van der Waals surface area contributed by atoms with Gasteiger partial charge in [-0.25, -0.2) is 4.57 Å². The molecular weight excluding hydrogens is 617 g/mol. The summed E-state index contributed by atoms with van der Waals surface area (Å²) in [6.45, 7) is 3.70. The maximum atomic E-state index is 12.5. The van der Waals surface area contributed by atoms with E-state index in [1.54, 1.807) is 0 Å². The summed E-state index contributed by atoms with van der Waals surface area (Å²) in [5, 5.41) is 0. The quantitative estimate of drug-likeness (QED) is 0.0371. The molecule has 0 amide bonds. The Kier molecular flexibility index (Phi) is 34.1. The van der Waals surface area contributed by atoms with Gasteiger partial charge in [-0.3, -0.25) is 18.6 Å². The van der Waals surface area contributed by atoms with Crippen molar-refractivity contribution in [2.75, 3.05) is 26.4 Å². The van der Waals surface area contributed by atoms with Crippen LogP contribution in [0.25, 0.3) is 0 Å². The van der Waals surface area contributed by atoms with E-state index in [9.17, 15) is 19.0 Å². The summed E-state index contributed by atoms with van der Waals surface area (Å²) in [5.74, 6) is -0.825. The Morgan fingerprint density at radius 2 is 0.915 bits per heavy atom. The number of carbonyl (C=O) groups is 2. The lowest BCUT2D eigenvalue weighted by molar-refractivity contribution is -0.161. The van der Waals surface area contributed by atoms with E-state index < -0.39 is 26.5 Å². The molecule has 2 atom stereocenters. The zero-order chi connectivity index (χ0) is 34.7. The van der Waals surface area contributed by atoms with Crippen LogP contribution in [-0.2, 0) is 32.7 Å². The number of nitrogens with two attached hydrogens (primary N) is 1. The van der Waals surface area contributed by atoms with Crippen LogP contribution in [0, 0.1) is 0 Å². The van der Waals surface area contributed by atoms with Crippen molar-refractivity contribution in [3.8, 4) is 0 Å². The summed E-state index contributed by atoms with van der Waals surface area (Å²) < 4.78 is 32.5. The van der Waals surface area contributed by atoms with Gasteiger partial charge in [-0.15, -0.1) is 0 Å². The van der Waals surface area contributed by atoms with E-state index in [0.29, 0.717) is 6.42 Å². The lowest BCUT2D eigenvalue weighted by Crippen LogP contribution is -2.29. The van der Waals surface area contributed by atoms with Crippen molar-refractivity contribution in [1.29, 1.82) is 0 Å². The van der Waals surface area contributed by atoms with E-state index >= 15 is 0 Å². The first kappa shape index (κ1) is 46.0. The van der Waals surface area contributed by atoms with Gasteiger partial charge in [0.05, 0.1) is 13.2 Å². The minimum Gasteiger partial charge on any atom is -0.462 e. The molecule has 0 fully saturated rings. The van der Waals surface area contributed by atoms with E-state index in [4.69, 9.17) is 24.3 Å². The maximum Gasteiger partial charge on any atom is 0.472 e. The van der Waals surface area contributed by atoms with Crippen molar-refractivity contribution in [3.63, 3.8) is 0 Å². The van der Waals surface area contributed by atoms with Crippen LogP contribution < -0.4 is 5.73 Å². The first-order valence-electron chi connectivity index (χ1n) is 19.5. The van der Waals surface area contributed by atoms with E-state index in [0.717, 1.165) is 32.1 Å². The third-order valence-corrected chi connectivity index (χ3v) is 9.48. The molecule has 0 spiro atoms. The molecule has 1 unspecified atom stereocenters. The number of esters is 2. The fourth-order valence-corrected chi connectivity index (χ4v) is 6.34. The van der Waals surface area contributed by atoms with E-state index in [1.807, 2.05) is 0 Å². The summed E-state index contributed by atoms with van der Waals surface area (Å²) in [5.41, 5.74) is 5.32. The van der Waals surface area contributed by atoms with Gasteiger partial charge < -0.3 is 20.1 Å². The molecule has 0 aliphatic heterocycles. The highest BCUT2D eigenvalue weighted by atomic mass is 31.2. The summed E-state index contributed by atoms with van der Waals surface area (Å²) in [4.78, 5) is 34.5. The molecule has 0 radical (unpaired) electrons. The van der Waals surface area contributed by atoms with Crippen molar-refractivity contribution < 1.29 is 37.6 Å². The second-order valence-corrected chi connectivity index (χ2v) is 14.6. The van der Waals surface area contributed by atoms with Gasteiger partial charge in [0, 0.05) is 19.4 Å². The molecule has 0 saturated carbocycles. The Morgan fingerprint density at radius 3 is 1.30 bits per heavy atom. The first-order valence-corrected chi connectivity index (χ1v) is 21.0. The third kappa shape index (κ3) is 34.7. The van der Waals surface area contributed by atoms with Crippen LogP contribution in [-0.4, -0.2) is 49.3 Å². The molecule has 47 heavy (non-hydrogen) atoms. The van der Waals surface area contributed by atoms with E-state index in [1.165, 1.54) is 128 Å². The average Bonchev–Trinajstić information content (AvgIpc) is 3.05. The Hall–Kier alpha value is -0.990. The number of ether oxygens (including phenoxy) is 2. The lowest BCUT2D eigenvalue weighted by Gasteiger charge is -2.19. The Morgan fingerprint density at radius 1 is 0.553 bits per heavy atom. The molecule has 0 aliphatic rings. The molecule has 9 nitrogen and oxygen atoms in total. The Labute approximate surface area is 288 Å². The molecule has 0 rings (SSSR count). The molecule has 0 bridgehead atoms. The van der Waals surface area contributed by atoms with Crippen LogP contribution in [0.3, 0.4) is 0 Å². The Bertz CT molecular complexity index is 754. The van der Waals surface area contributed by atoms with Gasteiger partial charge in [0.1, 0.15) is 6.61 Å². The predicted molar refractivity (Wildman–Crippen MR) is 192 cm³/mol. The lowest BCUT2D eigenvalue weighted by atomic mass is 10.0. The highest BCUT2D eigenvalue weighted by Gasteiger charge is 2.25. The van der Waals surface area contributed by atoms with Crippen molar-refractivity contribution in [1.82, 2.24) is 0 Å². The van der Waals surface area contributed by atoms with Crippen LogP contribution in [0.1, 0.15) is 194 Å². The zero-order valence-corrected chi connectivity index (χ0v) is 31.4. The van der Waals surface area contributed by atoms with E-state index in [2.05, 4.69) is 13.8 Å². The SMILES string of the molecule is CCCCCCCCCCCCCCCCCCCCCC(=O)O[C@H](COC(=O)CCCCCCCCC)COP(=O)(O)OCCN. The monoisotopic (exact) mass is 692 g/mol. The third-order valence-electron chi connectivity index (χ3n) is 8.49. The highest BCUT2D eigenvalue weighted by molar-refractivity contribution is 7.47. The number of unbranched alkanes of at least 4 members (excludes halogenated alkanes) is 24. The summed E-state index contributed by atoms with van der Waals surface area (Å²) in [6.07, 6.45) is 31.6. The summed E-state index contributed by atoms with van der Waals surface area (Å²) in [7, 11) is -4.36. The number of hydrogen-bond donors (Lipinski definition) is 2. The largest absolute Gasteiger partial charge is 0.472 e. The topological polar surface area (TPSA) is 134 Å². The number of phosphoric acid groups is 1. The standard InChI is InChI=1S/C37H74NO8P/c1-3-5-7-9-11-12-13-14-15-16-17-18-19-20-21-22-24-26-28-30-37(40)46-35(34-45-47(41,42)44-32-31-38)33-43-36(39)29-27-25-23-10-8-6-4-2/h35H,3-34,38H2,1-2H3,(H,41,42)/t35-/m1/s1. The molecule has 0 heterocycles. The van der Waals surface area contributed by atoms with Gasteiger partial charge in [0.25, 0.3) is 0 Å². The minimum absolute atomic E-state index is 0.0575. The number of carbonyl (C=O) groups excluding carboxylic acids is 2. The van der Waals surface area contributed by atoms with Gasteiger partial charge in [-0.2, -0.15) is 0 Å². The highest BCUT2D eigenvalue weighted by Crippen LogP contribution is 2.43. The fourth-order valence-electron chi connectivity index (χ4n) is 5.58. The molecule has 0 aromatic rings. The number of phosphoric ester groups is 1. The second kappa shape index (κ2) is 34.9. The summed E-state index contributed by atoms with van der Waals surface area (Å²) >= 11 is 0. The Balaban J connectivity index is 4.04. The maximum absolute atomic E-state index is 12.5. The van der Waals surface area contributed by atoms with Gasteiger partial charge in [-0.1, -0.05) is 168 Å².